The molecule has 4 nitrogen and oxygen atoms in total. The SMILES string of the molecule is CC(Nc1ccc(C(F)(F)F)cn1)C(N)=O. The maximum absolute atomic E-state index is 12.2. The molecule has 1 amide bonds. The number of primary amides is 1. The third-order valence-electron chi connectivity index (χ3n) is 1.88. The molecule has 0 aromatic carbocycles. The van der Waals surface area contributed by atoms with Gasteiger partial charge in [0.2, 0.25) is 5.91 Å². The Kier molecular flexibility index (Phi) is 3.36. The minimum atomic E-state index is -4.42. The number of carbonyl (C=O) groups is 1. The number of hydrogen-bond acceptors (Lipinski definition) is 3. The molecule has 1 atom stereocenters. The average Bonchev–Trinajstić information content (AvgIpc) is 2.17. The highest BCUT2D eigenvalue weighted by Gasteiger charge is 2.30. The smallest absolute Gasteiger partial charge is 0.368 e. The molecule has 0 aliphatic rings. The van der Waals surface area contributed by atoms with Gasteiger partial charge in [0.25, 0.3) is 0 Å². The van der Waals surface area contributed by atoms with Gasteiger partial charge in [0.15, 0.2) is 0 Å². The van der Waals surface area contributed by atoms with Crippen LogP contribution in [0.4, 0.5) is 19.0 Å². The van der Waals surface area contributed by atoms with E-state index in [1.165, 1.54) is 6.92 Å². The molecule has 0 radical (unpaired) electrons. The minimum absolute atomic E-state index is 0.166. The second-order valence-corrected chi connectivity index (χ2v) is 3.20. The zero-order valence-corrected chi connectivity index (χ0v) is 8.38. The van der Waals surface area contributed by atoms with Crippen molar-refractivity contribution in [2.75, 3.05) is 5.32 Å². The number of nitrogens with two attached hydrogens (primary N) is 1. The number of halogens is 3. The van der Waals surface area contributed by atoms with Gasteiger partial charge in [-0.3, -0.25) is 4.79 Å². The summed E-state index contributed by atoms with van der Waals surface area (Å²) in [5.41, 5.74) is 4.13. The first kappa shape index (κ1) is 12.3. The van der Waals surface area contributed by atoms with Crippen molar-refractivity contribution in [2.24, 2.45) is 5.73 Å². The fourth-order valence-electron chi connectivity index (χ4n) is 0.940. The van der Waals surface area contributed by atoms with E-state index in [4.69, 9.17) is 5.73 Å². The van der Waals surface area contributed by atoms with Crippen molar-refractivity contribution in [3.05, 3.63) is 23.9 Å². The Hall–Kier alpha value is -1.79. The molecule has 1 unspecified atom stereocenters. The molecule has 1 heterocycles. The Morgan fingerprint density at radius 3 is 2.50 bits per heavy atom. The van der Waals surface area contributed by atoms with E-state index in [1.54, 1.807) is 0 Å². The second-order valence-electron chi connectivity index (χ2n) is 3.20. The van der Waals surface area contributed by atoms with Crippen molar-refractivity contribution in [2.45, 2.75) is 19.1 Å². The number of alkyl halides is 3. The van der Waals surface area contributed by atoms with Crippen LogP contribution in [0.3, 0.4) is 0 Å². The van der Waals surface area contributed by atoms with Gasteiger partial charge in [-0.25, -0.2) is 4.98 Å². The molecule has 0 fully saturated rings. The molecule has 0 saturated heterocycles. The third-order valence-corrected chi connectivity index (χ3v) is 1.88. The first-order valence-corrected chi connectivity index (χ1v) is 4.40. The van der Waals surface area contributed by atoms with E-state index < -0.39 is 23.7 Å². The minimum Gasteiger partial charge on any atom is -0.368 e. The lowest BCUT2D eigenvalue weighted by atomic mass is 10.2. The lowest BCUT2D eigenvalue weighted by Crippen LogP contribution is -2.32. The normalized spacial score (nSPS) is 13.2. The van der Waals surface area contributed by atoms with Crippen LogP contribution in [0.5, 0.6) is 0 Å². The summed E-state index contributed by atoms with van der Waals surface area (Å²) in [5.74, 6) is -0.444. The Morgan fingerprint density at radius 2 is 2.12 bits per heavy atom. The Balaban J connectivity index is 2.76. The molecule has 0 bridgehead atoms. The maximum atomic E-state index is 12.2. The molecule has 1 rings (SSSR count). The van der Waals surface area contributed by atoms with E-state index in [9.17, 15) is 18.0 Å². The van der Waals surface area contributed by atoms with Crippen LogP contribution in [-0.2, 0) is 11.0 Å². The summed E-state index contributed by atoms with van der Waals surface area (Å²) in [6, 6.07) is 1.33. The molecule has 0 saturated carbocycles. The molecule has 1 aromatic rings. The molecule has 0 spiro atoms. The Bertz CT molecular complexity index is 375. The fraction of sp³-hybridized carbons (Fsp3) is 0.333. The van der Waals surface area contributed by atoms with Gasteiger partial charge in [-0.15, -0.1) is 0 Å². The highest BCUT2D eigenvalue weighted by atomic mass is 19.4. The van der Waals surface area contributed by atoms with E-state index in [0.29, 0.717) is 6.20 Å². The quantitative estimate of drug-likeness (QED) is 0.828. The number of carbonyl (C=O) groups excluding carboxylic acids is 1. The number of amides is 1. The molecular weight excluding hydrogens is 223 g/mol. The van der Waals surface area contributed by atoms with Gasteiger partial charge in [0.05, 0.1) is 5.56 Å². The van der Waals surface area contributed by atoms with Gasteiger partial charge >= 0.3 is 6.18 Å². The van der Waals surface area contributed by atoms with E-state index in [0.717, 1.165) is 12.1 Å². The predicted molar refractivity (Wildman–Crippen MR) is 51.5 cm³/mol. The van der Waals surface area contributed by atoms with Crippen molar-refractivity contribution in [1.29, 1.82) is 0 Å². The molecule has 0 aliphatic carbocycles. The highest BCUT2D eigenvalue weighted by molar-refractivity contribution is 5.82. The molecular formula is C9H10F3N3O. The summed E-state index contributed by atoms with van der Waals surface area (Å²) in [7, 11) is 0. The van der Waals surface area contributed by atoms with Gasteiger partial charge in [0, 0.05) is 6.20 Å². The molecule has 0 aliphatic heterocycles. The van der Waals surface area contributed by atoms with Gasteiger partial charge in [0.1, 0.15) is 11.9 Å². The number of rotatable bonds is 3. The summed E-state index contributed by atoms with van der Waals surface area (Å²) >= 11 is 0. The van der Waals surface area contributed by atoms with Gasteiger partial charge in [-0.1, -0.05) is 0 Å². The van der Waals surface area contributed by atoms with Crippen molar-refractivity contribution >= 4 is 11.7 Å². The second kappa shape index (κ2) is 4.38. The first-order chi connectivity index (χ1) is 7.30. The Morgan fingerprint density at radius 1 is 1.50 bits per heavy atom. The largest absolute Gasteiger partial charge is 0.417 e. The molecule has 3 N–H and O–H groups in total. The van der Waals surface area contributed by atoms with Gasteiger partial charge < -0.3 is 11.1 Å². The van der Waals surface area contributed by atoms with Crippen LogP contribution < -0.4 is 11.1 Å². The zero-order valence-electron chi connectivity index (χ0n) is 8.38. The number of pyridine rings is 1. The lowest BCUT2D eigenvalue weighted by molar-refractivity contribution is -0.137. The molecule has 1 aromatic heterocycles. The first-order valence-electron chi connectivity index (χ1n) is 4.40. The van der Waals surface area contributed by atoms with Crippen molar-refractivity contribution < 1.29 is 18.0 Å². The number of nitrogens with zero attached hydrogens (tertiary/aromatic N) is 1. The van der Waals surface area contributed by atoms with E-state index in [2.05, 4.69) is 10.3 Å². The lowest BCUT2D eigenvalue weighted by Gasteiger charge is -2.11. The highest BCUT2D eigenvalue weighted by Crippen LogP contribution is 2.28. The number of aromatic nitrogens is 1. The summed E-state index contributed by atoms with van der Waals surface area (Å²) < 4.78 is 36.5. The summed E-state index contributed by atoms with van der Waals surface area (Å²) in [4.78, 5) is 14.2. The standard InChI is InChI=1S/C9H10F3N3O/c1-5(8(13)16)15-7-3-2-6(4-14-7)9(10,11)12/h2-5H,1H3,(H2,13,16)(H,14,15). The fourth-order valence-corrected chi connectivity index (χ4v) is 0.940. The monoisotopic (exact) mass is 233 g/mol. The van der Waals surface area contributed by atoms with Crippen molar-refractivity contribution in [3.63, 3.8) is 0 Å². The van der Waals surface area contributed by atoms with Crippen LogP contribution in [0.2, 0.25) is 0 Å². The summed E-state index contributed by atoms with van der Waals surface area (Å²) in [6.45, 7) is 1.49. The Labute approximate surface area is 89.7 Å². The van der Waals surface area contributed by atoms with E-state index in [-0.39, 0.29) is 5.82 Å². The zero-order chi connectivity index (χ0) is 12.3. The predicted octanol–water partition coefficient (Wildman–Crippen LogP) is 1.39. The van der Waals surface area contributed by atoms with Crippen LogP contribution in [0, 0.1) is 0 Å². The summed E-state index contributed by atoms with van der Waals surface area (Å²) in [5, 5.41) is 2.57. The number of hydrogen-bond donors (Lipinski definition) is 2. The molecule has 88 valence electrons. The van der Waals surface area contributed by atoms with Crippen molar-refractivity contribution in [3.8, 4) is 0 Å². The topological polar surface area (TPSA) is 68.0 Å². The van der Waals surface area contributed by atoms with Crippen LogP contribution >= 0.6 is 0 Å². The van der Waals surface area contributed by atoms with E-state index in [1.807, 2.05) is 0 Å². The van der Waals surface area contributed by atoms with Crippen molar-refractivity contribution in [1.82, 2.24) is 4.98 Å². The van der Waals surface area contributed by atoms with E-state index >= 15 is 0 Å². The van der Waals surface area contributed by atoms with Crippen LogP contribution in [0.25, 0.3) is 0 Å². The number of anilines is 1. The molecule has 7 heteroatoms. The van der Waals surface area contributed by atoms with Crippen LogP contribution in [0.1, 0.15) is 12.5 Å². The average molecular weight is 233 g/mol. The molecule has 16 heavy (non-hydrogen) atoms. The van der Waals surface area contributed by atoms with Gasteiger partial charge in [-0.05, 0) is 19.1 Å². The maximum Gasteiger partial charge on any atom is 0.417 e. The van der Waals surface area contributed by atoms with Crippen LogP contribution in [0.15, 0.2) is 18.3 Å². The van der Waals surface area contributed by atoms with Crippen LogP contribution in [-0.4, -0.2) is 16.9 Å². The number of nitrogens with one attached hydrogen (secondary N) is 1. The summed E-state index contributed by atoms with van der Waals surface area (Å²) in [6.07, 6.45) is -3.73. The van der Waals surface area contributed by atoms with Gasteiger partial charge in [-0.2, -0.15) is 13.2 Å². The third kappa shape index (κ3) is 3.11.